The van der Waals surface area contributed by atoms with Crippen molar-refractivity contribution in [3.8, 4) is 5.75 Å². The third-order valence-electron chi connectivity index (χ3n) is 4.84. The van der Waals surface area contributed by atoms with Crippen molar-refractivity contribution in [2.24, 2.45) is 0 Å². The molecule has 1 aliphatic carbocycles. The quantitative estimate of drug-likeness (QED) is 0.858. The molecule has 1 saturated heterocycles. The monoisotopic (exact) mass is 303 g/mol. The Hall–Kier alpha value is -1.55. The average molecular weight is 303 g/mol. The highest BCUT2D eigenvalue weighted by Gasteiger charge is 2.36. The Bertz CT molecular complexity index is 498. The molecule has 22 heavy (non-hydrogen) atoms. The topological polar surface area (TPSA) is 38.8 Å². The van der Waals surface area contributed by atoms with Gasteiger partial charge in [0.25, 0.3) is 0 Å². The fraction of sp³-hybridized carbons (Fsp3) is 0.611. The summed E-state index contributed by atoms with van der Waals surface area (Å²) < 4.78 is 11.0. The van der Waals surface area contributed by atoms with E-state index in [0.717, 1.165) is 31.6 Å². The first kappa shape index (κ1) is 15.3. The third-order valence-corrected chi connectivity index (χ3v) is 4.84. The van der Waals surface area contributed by atoms with Gasteiger partial charge >= 0.3 is 0 Å². The number of morpholine rings is 1. The van der Waals surface area contributed by atoms with Crippen molar-refractivity contribution in [3.05, 3.63) is 29.8 Å². The van der Waals surface area contributed by atoms with Crippen LogP contribution >= 0.6 is 0 Å². The molecule has 1 amide bonds. The predicted molar refractivity (Wildman–Crippen MR) is 85.0 cm³/mol. The zero-order chi connectivity index (χ0) is 15.4. The van der Waals surface area contributed by atoms with E-state index < -0.39 is 0 Å². The van der Waals surface area contributed by atoms with Crippen LogP contribution in [0.3, 0.4) is 0 Å². The second-order valence-electron chi connectivity index (χ2n) is 6.20. The van der Waals surface area contributed by atoms with Crippen LogP contribution in [0.4, 0.5) is 0 Å². The minimum absolute atomic E-state index is 0.271. The number of benzene rings is 1. The molecule has 120 valence electrons. The van der Waals surface area contributed by atoms with E-state index in [1.807, 2.05) is 24.3 Å². The van der Waals surface area contributed by atoms with Gasteiger partial charge in [-0.2, -0.15) is 0 Å². The first-order chi connectivity index (χ1) is 10.8. The fourth-order valence-electron chi connectivity index (χ4n) is 3.59. The zero-order valence-electron chi connectivity index (χ0n) is 13.3. The smallest absolute Gasteiger partial charge is 0.223 e. The van der Waals surface area contributed by atoms with Crippen molar-refractivity contribution in [1.82, 2.24) is 4.90 Å². The van der Waals surface area contributed by atoms with Gasteiger partial charge in [0.05, 0.1) is 25.9 Å². The molecule has 4 heteroatoms. The number of aryl methyl sites for hydroxylation is 1. The lowest BCUT2D eigenvalue weighted by molar-refractivity contribution is -0.149. The van der Waals surface area contributed by atoms with Crippen LogP contribution in [-0.2, 0) is 16.0 Å². The lowest BCUT2D eigenvalue weighted by atomic mass is 9.90. The summed E-state index contributed by atoms with van der Waals surface area (Å²) in [6, 6.07) is 8.28. The van der Waals surface area contributed by atoms with Gasteiger partial charge in [-0.3, -0.25) is 4.79 Å². The van der Waals surface area contributed by atoms with Crippen molar-refractivity contribution >= 4 is 5.91 Å². The summed E-state index contributed by atoms with van der Waals surface area (Å²) in [4.78, 5) is 14.7. The number of amides is 1. The number of fused-ring (bicyclic) bond motifs is 1. The van der Waals surface area contributed by atoms with Gasteiger partial charge in [-0.1, -0.05) is 25.0 Å². The molecule has 2 unspecified atom stereocenters. The standard InChI is InChI=1S/C18H25NO3/c1-21-15-9-6-14(7-10-15)8-11-18(20)19-12-13-22-17-5-3-2-4-16(17)19/h6-7,9-10,16-17H,2-5,8,11-13H2,1H3. The number of carbonyl (C=O) groups excluding carboxylic acids is 1. The number of hydrogen-bond acceptors (Lipinski definition) is 3. The van der Waals surface area contributed by atoms with Crippen molar-refractivity contribution < 1.29 is 14.3 Å². The minimum Gasteiger partial charge on any atom is -0.497 e. The van der Waals surface area contributed by atoms with Crippen LogP contribution in [0.2, 0.25) is 0 Å². The summed E-state index contributed by atoms with van der Waals surface area (Å²) in [5, 5.41) is 0. The number of carbonyl (C=O) groups is 1. The molecule has 2 aliphatic rings. The lowest BCUT2D eigenvalue weighted by Crippen LogP contribution is -2.54. The Balaban J connectivity index is 1.56. The van der Waals surface area contributed by atoms with Crippen LogP contribution in [0, 0.1) is 0 Å². The van der Waals surface area contributed by atoms with Crippen LogP contribution in [-0.4, -0.2) is 43.2 Å². The third kappa shape index (κ3) is 3.43. The van der Waals surface area contributed by atoms with Gasteiger partial charge in [0, 0.05) is 13.0 Å². The van der Waals surface area contributed by atoms with E-state index in [1.165, 1.54) is 18.4 Å². The van der Waals surface area contributed by atoms with Crippen LogP contribution < -0.4 is 4.74 Å². The molecule has 1 aromatic rings. The van der Waals surface area contributed by atoms with E-state index in [2.05, 4.69) is 4.90 Å². The van der Waals surface area contributed by atoms with E-state index in [1.54, 1.807) is 7.11 Å². The molecular formula is C18H25NO3. The zero-order valence-corrected chi connectivity index (χ0v) is 13.3. The summed E-state index contributed by atoms with van der Waals surface area (Å²) in [5.74, 6) is 1.13. The van der Waals surface area contributed by atoms with Crippen molar-refractivity contribution in [2.75, 3.05) is 20.3 Å². The van der Waals surface area contributed by atoms with Gasteiger partial charge in [0.2, 0.25) is 5.91 Å². The summed E-state index contributed by atoms with van der Waals surface area (Å²) >= 11 is 0. The average Bonchev–Trinajstić information content (AvgIpc) is 2.59. The molecule has 1 aromatic carbocycles. The number of hydrogen-bond donors (Lipinski definition) is 0. The molecule has 4 nitrogen and oxygen atoms in total. The highest BCUT2D eigenvalue weighted by atomic mass is 16.5. The van der Waals surface area contributed by atoms with Gasteiger partial charge in [0.15, 0.2) is 0 Å². The molecule has 0 bridgehead atoms. The molecule has 2 atom stereocenters. The highest BCUT2D eigenvalue weighted by Crippen LogP contribution is 2.29. The van der Waals surface area contributed by atoms with Crippen molar-refractivity contribution in [1.29, 1.82) is 0 Å². The molecule has 2 fully saturated rings. The Kier molecular flexibility index (Phi) is 4.98. The summed E-state index contributed by atoms with van der Waals surface area (Å²) in [7, 11) is 1.66. The Morgan fingerprint density at radius 1 is 1.27 bits per heavy atom. The predicted octanol–water partition coefficient (Wildman–Crippen LogP) is 2.80. The molecule has 1 heterocycles. The van der Waals surface area contributed by atoms with Crippen molar-refractivity contribution in [2.45, 2.75) is 50.7 Å². The molecule has 3 rings (SSSR count). The van der Waals surface area contributed by atoms with Crippen molar-refractivity contribution in [3.63, 3.8) is 0 Å². The van der Waals surface area contributed by atoms with Crippen LogP contribution in [0.5, 0.6) is 5.75 Å². The molecule has 0 aromatic heterocycles. The second kappa shape index (κ2) is 7.14. The van der Waals surface area contributed by atoms with Gasteiger partial charge in [-0.25, -0.2) is 0 Å². The van der Waals surface area contributed by atoms with Gasteiger partial charge in [0.1, 0.15) is 5.75 Å². The molecule has 0 N–H and O–H groups in total. The molecule has 1 saturated carbocycles. The van der Waals surface area contributed by atoms with E-state index in [9.17, 15) is 4.79 Å². The summed E-state index contributed by atoms with van der Waals surface area (Å²) in [6.07, 6.45) is 6.29. The van der Waals surface area contributed by atoms with Crippen LogP contribution in [0.15, 0.2) is 24.3 Å². The Morgan fingerprint density at radius 3 is 2.82 bits per heavy atom. The normalized spacial score (nSPS) is 24.7. The molecular weight excluding hydrogens is 278 g/mol. The Labute approximate surface area is 132 Å². The highest BCUT2D eigenvalue weighted by molar-refractivity contribution is 5.77. The minimum atomic E-state index is 0.271. The number of ether oxygens (including phenoxy) is 2. The van der Waals surface area contributed by atoms with E-state index >= 15 is 0 Å². The largest absolute Gasteiger partial charge is 0.497 e. The maximum absolute atomic E-state index is 12.6. The van der Waals surface area contributed by atoms with Gasteiger partial charge in [-0.15, -0.1) is 0 Å². The number of nitrogens with zero attached hydrogens (tertiary/aromatic N) is 1. The molecule has 0 spiro atoms. The van der Waals surface area contributed by atoms with E-state index in [4.69, 9.17) is 9.47 Å². The van der Waals surface area contributed by atoms with Crippen LogP contribution in [0.1, 0.15) is 37.7 Å². The first-order valence-corrected chi connectivity index (χ1v) is 8.32. The lowest BCUT2D eigenvalue weighted by Gasteiger charge is -2.43. The Morgan fingerprint density at radius 2 is 2.05 bits per heavy atom. The molecule has 0 radical (unpaired) electrons. The maximum Gasteiger partial charge on any atom is 0.223 e. The fourth-order valence-corrected chi connectivity index (χ4v) is 3.59. The van der Waals surface area contributed by atoms with Gasteiger partial charge < -0.3 is 14.4 Å². The van der Waals surface area contributed by atoms with E-state index in [-0.39, 0.29) is 12.0 Å². The van der Waals surface area contributed by atoms with Gasteiger partial charge in [-0.05, 0) is 37.0 Å². The first-order valence-electron chi connectivity index (χ1n) is 8.32. The van der Waals surface area contributed by atoms with E-state index in [0.29, 0.717) is 19.1 Å². The SMILES string of the molecule is COc1ccc(CCC(=O)N2CCOC3CCCCC32)cc1. The summed E-state index contributed by atoms with van der Waals surface area (Å²) in [5.41, 5.74) is 1.18. The number of methoxy groups -OCH3 is 1. The second-order valence-corrected chi connectivity index (χ2v) is 6.20. The summed E-state index contributed by atoms with van der Waals surface area (Å²) in [6.45, 7) is 1.44. The number of rotatable bonds is 4. The van der Waals surface area contributed by atoms with Crippen LogP contribution in [0.25, 0.3) is 0 Å². The molecule has 1 aliphatic heterocycles. The maximum atomic E-state index is 12.6.